The second-order valence-electron chi connectivity index (χ2n) is 5.63. The quantitative estimate of drug-likeness (QED) is 0.329. The monoisotopic (exact) mass is 408 g/mol. The van der Waals surface area contributed by atoms with Gasteiger partial charge in [0.15, 0.2) is 6.61 Å². The number of aryl methyl sites for hydroxylation is 1. The number of hydrogen-bond donors (Lipinski definition) is 1. The van der Waals surface area contributed by atoms with Gasteiger partial charge in [0, 0.05) is 11.0 Å². The lowest BCUT2D eigenvalue weighted by Gasteiger charge is -2.12. The van der Waals surface area contributed by atoms with E-state index in [1.54, 1.807) is 38.1 Å². The van der Waals surface area contributed by atoms with Crippen LogP contribution in [0.5, 0.6) is 0 Å². The SMILES string of the molecule is CSc1ccc(Cl)c(C(=O)OCC(=O)Nc2c([N+](=O)[O-])ccc(C)c2C)c1. The molecule has 1 N–H and O–H groups in total. The van der Waals surface area contributed by atoms with Gasteiger partial charge in [-0.3, -0.25) is 14.9 Å². The Morgan fingerprint density at radius 2 is 1.96 bits per heavy atom. The Kier molecular flexibility index (Phi) is 6.81. The minimum Gasteiger partial charge on any atom is -0.452 e. The van der Waals surface area contributed by atoms with Crippen LogP contribution < -0.4 is 5.32 Å². The molecule has 9 heteroatoms. The van der Waals surface area contributed by atoms with Crippen molar-refractivity contribution in [2.24, 2.45) is 0 Å². The summed E-state index contributed by atoms with van der Waals surface area (Å²) in [5.74, 6) is -1.43. The number of anilines is 1. The number of hydrogen-bond acceptors (Lipinski definition) is 6. The number of nitro benzene ring substituents is 1. The van der Waals surface area contributed by atoms with E-state index in [-0.39, 0.29) is 22.0 Å². The maximum Gasteiger partial charge on any atom is 0.340 e. The van der Waals surface area contributed by atoms with Crippen LogP contribution in [-0.4, -0.2) is 29.7 Å². The highest BCUT2D eigenvalue weighted by molar-refractivity contribution is 7.98. The van der Waals surface area contributed by atoms with E-state index in [1.165, 1.54) is 17.8 Å². The van der Waals surface area contributed by atoms with Crippen LogP contribution in [0.25, 0.3) is 0 Å². The van der Waals surface area contributed by atoms with Crippen LogP contribution in [0, 0.1) is 24.0 Å². The number of rotatable bonds is 6. The molecule has 0 aliphatic carbocycles. The third kappa shape index (κ3) is 4.99. The van der Waals surface area contributed by atoms with Crippen LogP contribution in [0.2, 0.25) is 5.02 Å². The molecular formula is C18H17ClN2O5S. The van der Waals surface area contributed by atoms with Gasteiger partial charge in [-0.2, -0.15) is 0 Å². The summed E-state index contributed by atoms with van der Waals surface area (Å²) < 4.78 is 5.00. The fraction of sp³-hybridized carbons (Fsp3) is 0.222. The Hall–Kier alpha value is -2.58. The number of carbonyl (C=O) groups is 2. The lowest BCUT2D eigenvalue weighted by Crippen LogP contribution is -2.22. The number of nitro groups is 1. The molecule has 0 unspecified atom stereocenters. The normalized spacial score (nSPS) is 10.4. The molecule has 2 rings (SSSR count). The molecule has 0 heterocycles. The second kappa shape index (κ2) is 8.88. The van der Waals surface area contributed by atoms with Crippen molar-refractivity contribution < 1.29 is 19.2 Å². The number of carbonyl (C=O) groups excluding carboxylic acids is 2. The molecule has 0 saturated heterocycles. The topological polar surface area (TPSA) is 98.5 Å². The predicted octanol–water partition coefficient (Wildman–Crippen LogP) is 4.38. The molecule has 1 amide bonds. The van der Waals surface area contributed by atoms with Crippen LogP contribution in [0.1, 0.15) is 21.5 Å². The van der Waals surface area contributed by atoms with Gasteiger partial charge >= 0.3 is 5.97 Å². The van der Waals surface area contributed by atoms with Gasteiger partial charge in [-0.05, 0) is 49.4 Å². The largest absolute Gasteiger partial charge is 0.452 e. The highest BCUT2D eigenvalue weighted by Gasteiger charge is 2.20. The summed E-state index contributed by atoms with van der Waals surface area (Å²) in [7, 11) is 0. The second-order valence-corrected chi connectivity index (χ2v) is 6.92. The van der Waals surface area contributed by atoms with Crippen LogP contribution in [0.4, 0.5) is 11.4 Å². The van der Waals surface area contributed by atoms with Crippen LogP contribution in [0.15, 0.2) is 35.2 Å². The molecule has 0 aromatic heterocycles. The Morgan fingerprint density at radius 3 is 2.59 bits per heavy atom. The average molecular weight is 409 g/mol. The van der Waals surface area contributed by atoms with Crippen molar-refractivity contribution in [1.82, 2.24) is 0 Å². The van der Waals surface area contributed by atoms with Crippen molar-refractivity contribution >= 4 is 46.6 Å². The van der Waals surface area contributed by atoms with Crippen molar-refractivity contribution in [2.75, 3.05) is 18.2 Å². The maximum atomic E-state index is 12.2. The van der Waals surface area contributed by atoms with Crippen LogP contribution in [-0.2, 0) is 9.53 Å². The molecule has 0 bridgehead atoms. The number of benzene rings is 2. The zero-order valence-electron chi connectivity index (χ0n) is 14.9. The third-order valence-corrected chi connectivity index (χ3v) is 4.96. The number of esters is 1. The molecule has 0 spiro atoms. The summed E-state index contributed by atoms with van der Waals surface area (Å²) in [6.45, 7) is 2.84. The van der Waals surface area contributed by atoms with E-state index in [0.717, 1.165) is 10.5 Å². The maximum absolute atomic E-state index is 12.2. The van der Waals surface area contributed by atoms with Crippen LogP contribution in [0.3, 0.4) is 0 Å². The van der Waals surface area contributed by atoms with Crippen molar-refractivity contribution in [3.8, 4) is 0 Å². The van der Waals surface area contributed by atoms with E-state index in [0.29, 0.717) is 5.56 Å². The standard InChI is InChI=1S/C18H17ClN2O5S/c1-10-4-7-15(21(24)25)17(11(10)2)20-16(22)9-26-18(23)13-8-12(27-3)5-6-14(13)19/h4-8H,9H2,1-3H3,(H,20,22). The van der Waals surface area contributed by atoms with E-state index >= 15 is 0 Å². The third-order valence-electron chi connectivity index (χ3n) is 3.90. The molecule has 27 heavy (non-hydrogen) atoms. The highest BCUT2D eigenvalue weighted by atomic mass is 35.5. The van der Waals surface area contributed by atoms with E-state index in [2.05, 4.69) is 5.32 Å². The van der Waals surface area contributed by atoms with Crippen molar-refractivity contribution in [3.63, 3.8) is 0 Å². The Morgan fingerprint density at radius 1 is 1.26 bits per heavy atom. The molecule has 0 atom stereocenters. The zero-order chi connectivity index (χ0) is 20.1. The summed E-state index contributed by atoms with van der Waals surface area (Å²) in [4.78, 5) is 35.7. The lowest BCUT2D eigenvalue weighted by atomic mass is 10.1. The predicted molar refractivity (Wildman–Crippen MR) is 105 cm³/mol. The molecule has 142 valence electrons. The lowest BCUT2D eigenvalue weighted by molar-refractivity contribution is -0.384. The molecule has 2 aromatic rings. The number of ether oxygens (including phenoxy) is 1. The van der Waals surface area contributed by atoms with Gasteiger partial charge in [-0.15, -0.1) is 11.8 Å². The van der Waals surface area contributed by atoms with Gasteiger partial charge in [0.1, 0.15) is 5.69 Å². The number of nitrogens with one attached hydrogen (secondary N) is 1. The summed E-state index contributed by atoms with van der Waals surface area (Å²) >= 11 is 7.43. The molecular weight excluding hydrogens is 392 g/mol. The van der Waals surface area contributed by atoms with Gasteiger partial charge in [0.2, 0.25) is 0 Å². The molecule has 0 saturated carbocycles. The minimum atomic E-state index is -0.749. The Labute approximate surface area is 165 Å². The van der Waals surface area contributed by atoms with Crippen LogP contribution >= 0.6 is 23.4 Å². The van der Waals surface area contributed by atoms with Gasteiger partial charge in [0.05, 0.1) is 15.5 Å². The van der Waals surface area contributed by atoms with Gasteiger partial charge in [-0.1, -0.05) is 17.7 Å². The molecule has 2 aromatic carbocycles. The summed E-state index contributed by atoms with van der Waals surface area (Å²) in [5.41, 5.74) is 1.36. The average Bonchev–Trinajstić information content (AvgIpc) is 2.63. The van der Waals surface area contributed by atoms with E-state index in [1.807, 2.05) is 6.26 Å². The highest BCUT2D eigenvalue weighted by Crippen LogP contribution is 2.30. The summed E-state index contributed by atoms with van der Waals surface area (Å²) in [5, 5.41) is 13.8. The molecule has 0 aliphatic rings. The first-order valence-corrected chi connectivity index (χ1v) is 9.40. The summed E-state index contributed by atoms with van der Waals surface area (Å²) in [6.07, 6.45) is 1.85. The number of halogens is 1. The fourth-order valence-electron chi connectivity index (χ4n) is 2.28. The number of nitrogens with zero attached hydrogens (tertiary/aromatic N) is 1. The van der Waals surface area contributed by atoms with Crippen molar-refractivity contribution in [1.29, 1.82) is 0 Å². The minimum absolute atomic E-state index is 0.0865. The number of thioether (sulfide) groups is 1. The first kappa shape index (κ1) is 20.7. The Bertz CT molecular complexity index is 917. The Balaban J connectivity index is 2.10. The zero-order valence-corrected chi connectivity index (χ0v) is 16.4. The first-order valence-electron chi connectivity index (χ1n) is 7.79. The molecule has 7 nitrogen and oxygen atoms in total. The van der Waals surface area contributed by atoms with Gasteiger partial charge < -0.3 is 10.1 Å². The van der Waals surface area contributed by atoms with Gasteiger partial charge in [-0.25, -0.2) is 4.79 Å². The van der Waals surface area contributed by atoms with Gasteiger partial charge in [0.25, 0.3) is 11.6 Å². The fourth-order valence-corrected chi connectivity index (χ4v) is 2.92. The number of amides is 1. The molecule has 0 fully saturated rings. The van der Waals surface area contributed by atoms with E-state index < -0.39 is 23.4 Å². The van der Waals surface area contributed by atoms with Crippen molar-refractivity contribution in [3.05, 3.63) is 62.2 Å². The molecule has 0 aliphatic heterocycles. The first-order chi connectivity index (χ1) is 12.7. The smallest absolute Gasteiger partial charge is 0.340 e. The van der Waals surface area contributed by atoms with E-state index in [4.69, 9.17) is 16.3 Å². The summed E-state index contributed by atoms with van der Waals surface area (Å²) in [6, 6.07) is 7.82. The molecule has 0 radical (unpaired) electrons. The van der Waals surface area contributed by atoms with Crippen molar-refractivity contribution in [2.45, 2.75) is 18.7 Å². The van der Waals surface area contributed by atoms with E-state index in [9.17, 15) is 19.7 Å².